The molecule has 1 N–H and O–H groups in total. The van der Waals surface area contributed by atoms with Gasteiger partial charge in [-0.2, -0.15) is 0 Å². The summed E-state index contributed by atoms with van der Waals surface area (Å²) in [5.41, 5.74) is 0.466. The van der Waals surface area contributed by atoms with Crippen molar-refractivity contribution in [1.29, 1.82) is 0 Å². The fraction of sp³-hybridized carbons (Fsp3) is 0.190. The molecule has 0 unspecified atom stereocenters. The summed E-state index contributed by atoms with van der Waals surface area (Å²) in [4.78, 5) is 13.3. The Labute approximate surface area is 193 Å². The molecule has 3 aromatic heterocycles. The van der Waals surface area contributed by atoms with Crippen molar-refractivity contribution in [2.24, 2.45) is 0 Å². The Morgan fingerprint density at radius 1 is 1.16 bits per heavy atom. The third-order valence-corrected chi connectivity index (χ3v) is 7.46. The maximum Gasteiger partial charge on any atom is 0.265 e. The van der Waals surface area contributed by atoms with E-state index in [4.69, 9.17) is 16.0 Å². The van der Waals surface area contributed by atoms with Gasteiger partial charge in [0.15, 0.2) is 5.82 Å². The Kier molecular flexibility index (Phi) is 5.78. The lowest BCUT2D eigenvalue weighted by molar-refractivity contribution is 0.557. The SMILES string of the molecule is CC(C)(C)c1nc(-c2cccc(NS(=O)(=O)c3ccoc3)c2F)c(-c2ccnc(Cl)n2)s1. The van der Waals surface area contributed by atoms with Crippen LogP contribution in [0.3, 0.4) is 0 Å². The van der Waals surface area contributed by atoms with E-state index in [-0.39, 0.29) is 26.8 Å². The number of rotatable bonds is 5. The summed E-state index contributed by atoms with van der Waals surface area (Å²) in [7, 11) is -4.02. The molecule has 32 heavy (non-hydrogen) atoms. The van der Waals surface area contributed by atoms with Crippen molar-refractivity contribution in [2.45, 2.75) is 31.1 Å². The van der Waals surface area contributed by atoms with Crippen LogP contribution >= 0.6 is 22.9 Å². The second kappa shape index (κ2) is 8.27. The van der Waals surface area contributed by atoms with Gasteiger partial charge in [-0.15, -0.1) is 11.3 Å². The third kappa shape index (κ3) is 4.38. The van der Waals surface area contributed by atoms with Crippen molar-refractivity contribution >= 4 is 38.6 Å². The number of hydrogen-bond acceptors (Lipinski definition) is 7. The zero-order valence-electron chi connectivity index (χ0n) is 17.3. The Balaban J connectivity index is 1.85. The Hall–Kier alpha value is -2.82. The van der Waals surface area contributed by atoms with Crippen LogP contribution in [0, 0.1) is 5.82 Å². The van der Waals surface area contributed by atoms with Crippen LogP contribution in [-0.4, -0.2) is 23.4 Å². The highest BCUT2D eigenvalue weighted by atomic mass is 35.5. The number of hydrogen-bond donors (Lipinski definition) is 1. The standard InChI is InChI=1S/C21H18ClFN4O3S2/c1-21(2,3)19-26-17(18(31-19)15-7-9-24-20(22)25-15)13-5-4-6-14(16(13)23)27-32(28,29)12-8-10-30-11-12/h4-11,27H,1-3H3. The molecule has 0 radical (unpaired) electrons. The molecule has 1 aromatic carbocycles. The van der Waals surface area contributed by atoms with Crippen molar-refractivity contribution in [3.8, 4) is 21.8 Å². The van der Waals surface area contributed by atoms with E-state index in [2.05, 4.69) is 19.7 Å². The molecule has 0 saturated carbocycles. The first-order valence-corrected chi connectivity index (χ1v) is 12.1. The van der Waals surface area contributed by atoms with E-state index < -0.39 is 15.8 Å². The largest absolute Gasteiger partial charge is 0.471 e. The van der Waals surface area contributed by atoms with E-state index in [0.29, 0.717) is 16.3 Å². The van der Waals surface area contributed by atoms with Gasteiger partial charge in [0.25, 0.3) is 10.0 Å². The van der Waals surface area contributed by atoms with Crippen LogP contribution < -0.4 is 4.72 Å². The Bertz CT molecular complexity index is 1380. The van der Waals surface area contributed by atoms with Gasteiger partial charge in [-0.25, -0.2) is 27.8 Å². The molecule has 0 fully saturated rings. The van der Waals surface area contributed by atoms with Gasteiger partial charge in [-0.05, 0) is 35.9 Å². The van der Waals surface area contributed by atoms with E-state index in [1.807, 2.05) is 20.8 Å². The van der Waals surface area contributed by atoms with Crippen LogP contribution in [0.15, 0.2) is 58.4 Å². The molecule has 7 nitrogen and oxygen atoms in total. The predicted molar refractivity (Wildman–Crippen MR) is 122 cm³/mol. The second-order valence-corrected chi connectivity index (χ2v) is 10.9. The Morgan fingerprint density at radius 3 is 2.59 bits per heavy atom. The van der Waals surface area contributed by atoms with Crippen LogP contribution in [0.4, 0.5) is 10.1 Å². The van der Waals surface area contributed by atoms with E-state index >= 15 is 4.39 Å². The number of thiazole rings is 1. The minimum absolute atomic E-state index is 0.0567. The van der Waals surface area contributed by atoms with Crippen molar-refractivity contribution in [2.75, 3.05) is 4.72 Å². The minimum Gasteiger partial charge on any atom is -0.471 e. The average Bonchev–Trinajstić information content (AvgIpc) is 3.40. The first kappa shape index (κ1) is 22.4. The summed E-state index contributed by atoms with van der Waals surface area (Å²) in [6, 6.07) is 7.38. The number of aromatic nitrogens is 3. The number of halogens is 2. The maximum atomic E-state index is 15.6. The van der Waals surface area contributed by atoms with Gasteiger partial charge < -0.3 is 4.42 Å². The van der Waals surface area contributed by atoms with Gasteiger partial charge in [-0.1, -0.05) is 26.8 Å². The number of benzene rings is 1. The lowest BCUT2D eigenvalue weighted by Crippen LogP contribution is -2.13. The lowest BCUT2D eigenvalue weighted by Gasteiger charge is -2.13. The van der Waals surface area contributed by atoms with E-state index in [0.717, 1.165) is 11.3 Å². The molecule has 0 bridgehead atoms. The first-order valence-electron chi connectivity index (χ1n) is 9.40. The molecule has 0 aliphatic heterocycles. The van der Waals surface area contributed by atoms with Crippen LogP contribution in [0.1, 0.15) is 25.8 Å². The molecule has 4 rings (SSSR count). The summed E-state index contributed by atoms with van der Waals surface area (Å²) in [5.74, 6) is -0.758. The van der Waals surface area contributed by atoms with E-state index in [1.54, 1.807) is 18.2 Å². The second-order valence-electron chi connectivity index (χ2n) is 7.89. The summed E-state index contributed by atoms with van der Waals surface area (Å²) >= 11 is 7.34. The fourth-order valence-corrected chi connectivity index (χ4v) is 5.10. The fourth-order valence-electron chi connectivity index (χ4n) is 2.86. The molecule has 0 atom stereocenters. The van der Waals surface area contributed by atoms with Crippen LogP contribution in [0.5, 0.6) is 0 Å². The number of nitrogens with one attached hydrogen (secondary N) is 1. The summed E-state index contributed by atoms with van der Waals surface area (Å²) < 4.78 is 47.7. The number of furan rings is 1. The summed E-state index contributed by atoms with van der Waals surface area (Å²) in [6.45, 7) is 5.99. The van der Waals surface area contributed by atoms with Gasteiger partial charge in [-0.3, -0.25) is 4.72 Å². The predicted octanol–water partition coefficient (Wildman–Crippen LogP) is 5.75. The molecule has 0 aliphatic rings. The van der Waals surface area contributed by atoms with Crippen LogP contribution in [0.25, 0.3) is 21.8 Å². The highest BCUT2D eigenvalue weighted by Crippen LogP contribution is 2.42. The van der Waals surface area contributed by atoms with Gasteiger partial charge >= 0.3 is 0 Å². The molecule has 3 heterocycles. The quantitative estimate of drug-likeness (QED) is 0.356. The molecule has 0 spiro atoms. The summed E-state index contributed by atoms with van der Waals surface area (Å²) in [6.07, 6.45) is 3.80. The topological polar surface area (TPSA) is 98.0 Å². The smallest absolute Gasteiger partial charge is 0.265 e. The monoisotopic (exact) mass is 492 g/mol. The molecule has 11 heteroatoms. The van der Waals surface area contributed by atoms with Gasteiger partial charge in [0.05, 0.1) is 33.2 Å². The molecule has 166 valence electrons. The van der Waals surface area contributed by atoms with E-state index in [1.165, 1.54) is 35.9 Å². The highest BCUT2D eigenvalue weighted by Gasteiger charge is 2.27. The van der Waals surface area contributed by atoms with E-state index in [9.17, 15) is 8.42 Å². The number of sulfonamides is 1. The van der Waals surface area contributed by atoms with Crippen LogP contribution in [-0.2, 0) is 15.4 Å². The lowest BCUT2D eigenvalue weighted by atomic mass is 9.98. The normalized spacial score (nSPS) is 12.2. The minimum atomic E-state index is -4.02. The zero-order valence-corrected chi connectivity index (χ0v) is 19.6. The summed E-state index contributed by atoms with van der Waals surface area (Å²) in [5, 5.41) is 0.822. The Morgan fingerprint density at radius 2 is 1.94 bits per heavy atom. The number of nitrogens with zero attached hydrogens (tertiary/aromatic N) is 3. The molecule has 0 saturated heterocycles. The molecular formula is C21H18ClFN4O3S2. The third-order valence-electron chi connectivity index (χ3n) is 4.43. The van der Waals surface area contributed by atoms with Crippen molar-refractivity contribution in [3.05, 3.63) is 65.2 Å². The van der Waals surface area contributed by atoms with Gasteiger partial charge in [0.1, 0.15) is 11.2 Å². The molecule has 4 aromatic rings. The number of anilines is 1. The van der Waals surface area contributed by atoms with Gasteiger partial charge in [0.2, 0.25) is 5.28 Å². The van der Waals surface area contributed by atoms with Crippen LogP contribution in [0.2, 0.25) is 5.28 Å². The first-order chi connectivity index (χ1) is 15.1. The molecule has 0 aliphatic carbocycles. The van der Waals surface area contributed by atoms with Gasteiger partial charge in [0, 0.05) is 17.2 Å². The zero-order chi connectivity index (χ0) is 23.1. The van der Waals surface area contributed by atoms with Crippen molar-refractivity contribution in [1.82, 2.24) is 15.0 Å². The highest BCUT2D eigenvalue weighted by molar-refractivity contribution is 7.92. The molecular weight excluding hydrogens is 475 g/mol. The van der Waals surface area contributed by atoms with Crippen molar-refractivity contribution < 1.29 is 17.2 Å². The van der Waals surface area contributed by atoms with Crippen molar-refractivity contribution in [3.63, 3.8) is 0 Å². The average molecular weight is 493 g/mol. The maximum absolute atomic E-state index is 15.6. The molecule has 0 amide bonds.